The van der Waals surface area contributed by atoms with E-state index in [-0.39, 0.29) is 18.0 Å². The predicted octanol–water partition coefficient (Wildman–Crippen LogP) is 3.99. The number of sulfonamides is 1. The fraction of sp³-hybridized carbons (Fsp3) is 0.130. The number of rotatable bonds is 8. The second kappa shape index (κ2) is 10.3. The third kappa shape index (κ3) is 6.49. The first kappa shape index (κ1) is 22.7. The minimum Gasteiger partial charge on any atom is -0.272 e. The van der Waals surface area contributed by atoms with Gasteiger partial charge >= 0.3 is 0 Å². The summed E-state index contributed by atoms with van der Waals surface area (Å²) < 4.78 is 27.6. The van der Waals surface area contributed by atoms with E-state index in [1.165, 1.54) is 18.3 Å². The second-order valence-electron chi connectivity index (χ2n) is 6.92. The van der Waals surface area contributed by atoms with Crippen molar-refractivity contribution < 1.29 is 13.2 Å². The number of hydrogen-bond acceptors (Lipinski definition) is 4. The quantitative estimate of drug-likeness (QED) is 0.412. The summed E-state index contributed by atoms with van der Waals surface area (Å²) in [5.41, 5.74) is 4.81. The van der Waals surface area contributed by atoms with Crippen molar-refractivity contribution in [2.45, 2.75) is 18.4 Å². The van der Waals surface area contributed by atoms with Crippen LogP contribution in [0.5, 0.6) is 0 Å². The van der Waals surface area contributed by atoms with Gasteiger partial charge in [0.2, 0.25) is 10.0 Å². The van der Waals surface area contributed by atoms with E-state index in [1.807, 2.05) is 37.3 Å². The number of nitrogens with one attached hydrogen (secondary N) is 1. The monoisotopic (exact) mass is 455 g/mol. The first-order valence-corrected chi connectivity index (χ1v) is 11.3. The van der Waals surface area contributed by atoms with Gasteiger partial charge in [0.1, 0.15) is 0 Å². The fourth-order valence-corrected chi connectivity index (χ4v) is 4.42. The summed E-state index contributed by atoms with van der Waals surface area (Å²) in [4.78, 5) is 12.6. The van der Waals surface area contributed by atoms with Gasteiger partial charge in [0.05, 0.1) is 17.7 Å². The van der Waals surface area contributed by atoms with Crippen molar-refractivity contribution in [2.75, 3.05) is 6.54 Å². The Morgan fingerprint density at radius 1 is 1.03 bits per heavy atom. The van der Waals surface area contributed by atoms with Crippen LogP contribution in [0.25, 0.3) is 0 Å². The van der Waals surface area contributed by atoms with Crippen molar-refractivity contribution in [1.29, 1.82) is 0 Å². The molecule has 3 aromatic rings. The zero-order valence-electron chi connectivity index (χ0n) is 16.9. The van der Waals surface area contributed by atoms with Crippen LogP contribution in [0, 0.1) is 6.92 Å². The molecule has 0 radical (unpaired) electrons. The Morgan fingerprint density at radius 3 is 2.42 bits per heavy atom. The number of carbonyl (C=O) groups excluding carboxylic acids is 1. The highest BCUT2D eigenvalue weighted by molar-refractivity contribution is 7.89. The molecule has 160 valence electrons. The molecule has 0 heterocycles. The van der Waals surface area contributed by atoms with Crippen molar-refractivity contribution in [3.63, 3.8) is 0 Å². The highest BCUT2D eigenvalue weighted by atomic mass is 35.5. The molecular formula is C23H22ClN3O3S. The van der Waals surface area contributed by atoms with E-state index in [9.17, 15) is 13.2 Å². The lowest BCUT2D eigenvalue weighted by atomic mass is 10.2. The fourth-order valence-electron chi connectivity index (χ4n) is 2.83. The van der Waals surface area contributed by atoms with Gasteiger partial charge in [-0.15, -0.1) is 0 Å². The number of aryl methyl sites for hydroxylation is 1. The molecule has 0 spiro atoms. The highest BCUT2D eigenvalue weighted by Crippen LogP contribution is 2.19. The van der Waals surface area contributed by atoms with E-state index in [0.29, 0.717) is 10.6 Å². The van der Waals surface area contributed by atoms with Gasteiger partial charge in [-0.05, 0) is 42.3 Å². The minimum atomic E-state index is -3.89. The Balaban J connectivity index is 1.77. The van der Waals surface area contributed by atoms with Crippen LogP contribution < -0.4 is 5.43 Å². The van der Waals surface area contributed by atoms with Gasteiger partial charge in [-0.2, -0.15) is 9.41 Å². The van der Waals surface area contributed by atoms with Gasteiger partial charge in [0, 0.05) is 11.6 Å². The molecule has 6 nitrogen and oxygen atoms in total. The Hall–Kier alpha value is -3.00. The number of hydrogen-bond donors (Lipinski definition) is 1. The van der Waals surface area contributed by atoms with Gasteiger partial charge in [0.25, 0.3) is 5.91 Å². The SMILES string of the molecule is Cc1ccc(S(=O)(=O)N(CC(=O)N/N=C/c2cccc(Cl)c2)Cc2ccccc2)cc1. The molecule has 1 amide bonds. The lowest BCUT2D eigenvalue weighted by Gasteiger charge is -2.21. The zero-order valence-corrected chi connectivity index (χ0v) is 18.5. The summed E-state index contributed by atoms with van der Waals surface area (Å²) in [6, 6.07) is 22.6. The molecule has 0 saturated carbocycles. The predicted molar refractivity (Wildman–Crippen MR) is 122 cm³/mol. The maximum Gasteiger partial charge on any atom is 0.255 e. The molecule has 0 saturated heterocycles. The molecule has 1 N–H and O–H groups in total. The molecule has 0 aliphatic rings. The Kier molecular flexibility index (Phi) is 7.57. The van der Waals surface area contributed by atoms with Crippen molar-refractivity contribution in [3.8, 4) is 0 Å². The third-order valence-electron chi connectivity index (χ3n) is 4.43. The number of amides is 1. The van der Waals surface area contributed by atoms with Crippen LogP contribution in [0.2, 0.25) is 5.02 Å². The minimum absolute atomic E-state index is 0.0580. The Bertz CT molecular complexity index is 1160. The van der Waals surface area contributed by atoms with Gasteiger partial charge in [0.15, 0.2) is 0 Å². The molecular weight excluding hydrogens is 434 g/mol. The van der Waals surface area contributed by atoms with E-state index < -0.39 is 15.9 Å². The summed E-state index contributed by atoms with van der Waals surface area (Å²) in [5.74, 6) is -0.551. The van der Waals surface area contributed by atoms with Crippen molar-refractivity contribution in [1.82, 2.24) is 9.73 Å². The molecule has 0 unspecified atom stereocenters. The lowest BCUT2D eigenvalue weighted by Crippen LogP contribution is -2.39. The number of nitrogens with zero attached hydrogens (tertiary/aromatic N) is 2. The molecule has 8 heteroatoms. The third-order valence-corrected chi connectivity index (χ3v) is 6.47. The molecule has 3 rings (SSSR count). The van der Waals surface area contributed by atoms with Crippen LogP contribution in [0.4, 0.5) is 0 Å². The van der Waals surface area contributed by atoms with Crippen LogP contribution in [0.1, 0.15) is 16.7 Å². The molecule has 0 aliphatic carbocycles. The summed E-state index contributed by atoms with van der Waals surface area (Å²) >= 11 is 5.93. The van der Waals surface area contributed by atoms with E-state index in [0.717, 1.165) is 15.4 Å². The van der Waals surface area contributed by atoms with Crippen LogP contribution >= 0.6 is 11.6 Å². The van der Waals surface area contributed by atoms with E-state index >= 15 is 0 Å². The number of hydrazone groups is 1. The second-order valence-corrected chi connectivity index (χ2v) is 9.29. The van der Waals surface area contributed by atoms with Gasteiger partial charge in [-0.25, -0.2) is 13.8 Å². The topological polar surface area (TPSA) is 78.8 Å². The van der Waals surface area contributed by atoms with Gasteiger partial charge in [-0.3, -0.25) is 4.79 Å². The van der Waals surface area contributed by atoms with Crippen LogP contribution in [-0.2, 0) is 21.4 Å². The number of carbonyl (C=O) groups is 1. The van der Waals surface area contributed by atoms with Crippen molar-refractivity contribution in [3.05, 3.63) is 101 Å². The molecule has 0 fully saturated rings. The molecule has 0 atom stereocenters. The molecule has 31 heavy (non-hydrogen) atoms. The van der Waals surface area contributed by atoms with Crippen molar-refractivity contribution in [2.24, 2.45) is 5.10 Å². The Labute approximate surface area is 187 Å². The van der Waals surface area contributed by atoms with Crippen LogP contribution in [0.15, 0.2) is 88.9 Å². The molecule has 0 aromatic heterocycles. The van der Waals surface area contributed by atoms with E-state index in [4.69, 9.17) is 11.6 Å². The maximum absolute atomic E-state index is 13.2. The number of halogens is 1. The maximum atomic E-state index is 13.2. The summed E-state index contributed by atoms with van der Waals surface area (Å²) in [7, 11) is -3.89. The average Bonchev–Trinajstić information content (AvgIpc) is 2.74. The lowest BCUT2D eigenvalue weighted by molar-refractivity contribution is -0.121. The van der Waals surface area contributed by atoms with E-state index in [2.05, 4.69) is 10.5 Å². The average molecular weight is 456 g/mol. The first-order valence-electron chi connectivity index (χ1n) is 9.53. The smallest absolute Gasteiger partial charge is 0.255 e. The van der Waals surface area contributed by atoms with Crippen LogP contribution in [-0.4, -0.2) is 31.4 Å². The molecule has 3 aromatic carbocycles. The van der Waals surface area contributed by atoms with Crippen molar-refractivity contribution >= 4 is 33.7 Å². The zero-order chi connectivity index (χ0) is 22.3. The summed E-state index contributed by atoms with van der Waals surface area (Å²) in [6.07, 6.45) is 1.44. The standard InChI is InChI=1S/C23H22ClN3O3S/c1-18-10-12-22(13-11-18)31(29,30)27(16-19-6-3-2-4-7-19)17-23(28)26-25-15-20-8-5-9-21(24)14-20/h2-15H,16-17H2,1H3,(H,26,28)/b25-15+. The molecule has 0 bridgehead atoms. The summed E-state index contributed by atoms with van der Waals surface area (Å²) in [5, 5.41) is 4.45. The number of benzene rings is 3. The largest absolute Gasteiger partial charge is 0.272 e. The van der Waals surface area contributed by atoms with E-state index in [1.54, 1.807) is 36.4 Å². The van der Waals surface area contributed by atoms with Gasteiger partial charge < -0.3 is 0 Å². The highest BCUT2D eigenvalue weighted by Gasteiger charge is 2.26. The molecule has 0 aliphatic heterocycles. The van der Waals surface area contributed by atoms with Gasteiger partial charge in [-0.1, -0.05) is 71.8 Å². The summed E-state index contributed by atoms with van der Waals surface area (Å²) in [6.45, 7) is 1.56. The Morgan fingerprint density at radius 2 is 1.74 bits per heavy atom. The first-order chi connectivity index (χ1) is 14.8. The normalized spacial score (nSPS) is 11.7. The van der Waals surface area contributed by atoms with Crippen LogP contribution in [0.3, 0.4) is 0 Å².